The first-order chi connectivity index (χ1) is 8.16. The molecule has 1 atom stereocenters. The third-order valence-electron chi connectivity index (χ3n) is 2.45. The fraction of sp³-hybridized carbons (Fsp3) is 0.214. The van der Waals surface area contributed by atoms with E-state index in [9.17, 15) is 5.11 Å². The quantitative estimate of drug-likeness (QED) is 0.897. The summed E-state index contributed by atoms with van der Waals surface area (Å²) in [6, 6.07) is 12.0. The molecular formula is C14H15NOS. The Kier molecular flexibility index (Phi) is 3.82. The number of rotatable bonds is 3. The second-order valence-electron chi connectivity index (χ2n) is 3.99. The van der Waals surface area contributed by atoms with Crippen molar-refractivity contribution in [2.24, 2.45) is 0 Å². The van der Waals surface area contributed by atoms with Crippen LogP contribution in [0.15, 0.2) is 52.5 Å². The van der Waals surface area contributed by atoms with E-state index in [2.05, 4.69) is 30.1 Å². The molecule has 0 amide bonds. The second-order valence-corrected chi connectivity index (χ2v) is 5.05. The third kappa shape index (κ3) is 3.08. The first kappa shape index (κ1) is 12.1. The molecule has 1 N–H and O–H groups in total. The lowest BCUT2D eigenvalue weighted by atomic mass is 10.2. The minimum Gasteiger partial charge on any atom is -0.389 e. The van der Waals surface area contributed by atoms with Gasteiger partial charge in [0.25, 0.3) is 0 Å². The van der Waals surface area contributed by atoms with Crippen molar-refractivity contribution >= 4 is 11.8 Å². The zero-order valence-corrected chi connectivity index (χ0v) is 10.7. The molecule has 0 saturated heterocycles. The van der Waals surface area contributed by atoms with Gasteiger partial charge in [0.2, 0.25) is 0 Å². The number of aliphatic hydroxyl groups is 1. The van der Waals surface area contributed by atoms with Crippen LogP contribution in [0.2, 0.25) is 0 Å². The average Bonchev–Trinajstić information content (AvgIpc) is 2.29. The molecule has 0 aliphatic rings. The molecule has 0 aliphatic carbocycles. The van der Waals surface area contributed by atoms with Crippen LogP contribution >= 0.6 is 11.8 Å². The Labute approximate surface area is 106 Å². The van der Waals surface area contributed by atoms with E-state index < -0.39 is 6.10 Å². The van der Waals surface area contributed by atoms with Gasteiger partial charge in [-0.1, -0.05) is 35.5 Å². The number of benzene rings is 1. The molecule has 2 aromatic rings. The zero-order valence-electron chi connectivity index (χ0n) is 9.92. The van der Waals surface area contributed by atoms with Gasteiger partial charge in [-0.2, -0.15) is 0 Å². The Balaban J connectivity index is 2.30. The Morgan fingerprint density at radius 2 is 2.06 bits per heavy atom. The summed E-state index contributed by atoms with van der Waals surface area (Å²) in [5.74, 6) is 0. The predicted octanol–water partition coefficient (Wildman–Crippen LogP) is 3.59. The van der Waals surface area contributed by atoms with Gasteiger partial charge in [-0.25, -0.2) is 4.98 Å². The number of hydrogen-bond acceptors (Lipinski definition) is 3. The molecule has 1 aromatic carbocycles. The van der Waals surface area contributed by atoms with E-state index in [0.717, 1.165) is 15.5 Å². The molecule has 2 rings (SSSR count). The van der Waals surface area contributed by atoms with E-state index in [1.54, 1.807) is 24.9 Å². The first-order valence-corrected chi connectivity index (χ1v) is 6.36. The summed E-state index contributed by atoms with van der Waals surface area (Å²) in [4.78, 5) is 5.47. The van der Waals surface area contributed by atoms with Crippen molar-refractivity contribution in [1.29, 1.82) is 0 Å². The highest BCUT2D eigenvalue weighted by molar-refractivity contribution is 7.99. The summed E-state index contributed by atoms with van der Waals surface area (Å²) in [5.41, 5.74) is 2.10. The fourth-order valence-electron chi connectivity index (χ4n) is 1.60. The maximum absolute atomic E-state index is 9.68. The summed E-state index contributed by atoms with van der Waals surface area (Å²) >= 11 is 1.59. The zero-order chi connectivity index (χ0) is 12.3. The molecule has 0 bridgehead atoms. The van der Waals surface area contributed by atoms with Crippen molar-refractivity contribution in [3.63, 3.8) is 0 Å². The Bertz CT molecular complexity index is 511. The van der Waals surface area contributed by atoms with Gasteiger partial charge in [0, 0.05) is 16.7 Å². The molecule has 1 unspecified atom stereocenters. The molecule has 0 spiro atoms. The fourth-order valence-corrected chi connectivity index (χ4v) is 2.68. The van der Waals surface area contributed by atoms with Crippen LogP contribution < -0.4 is 0 Å². The number of hydrogen-bond donors (Lipinski definition) is 1. The number of pyridine rings is 1. The van der Waals surface area contributed by atoms with Gasteiger partial charge in [0.1, 0.15) is 5.03 Å². The average molecular weight is 245 g/mol. The molecular weight excluding hydrogens is 230 g/mol. The molecule has 3 heteroatoms. The molecule has 0 radical (unpaired) electrons. The van der Waals surface area contributed by atoms with Gasteiger partial charge in [-0.05, 0) is 32.0 Å². The van der Waals surface area contributed by atoms with E-state index in [0.29, 0.717) is 0 Å². The monoisotopic (exact) mass is 245 g/mol. The van der Waals surface area contributed by atoms with Crippen LogP contribution in [-0.2, 0) is 0 Å². The topological polar surface area (TPSA) is 33.1 Å². The Hall–Kier alpha value is -1.32. The van der Waals surface area contributed by atoms with Crippen molar-refractivity contribution in [3.05, 3.63) is 53.7 Å². The predicted molar refractivity (Wildman–Crippen MR) is 70.2 cm³/mol. The van der Waals surface area contributed by atoms with Crippen molar-refractivity contribution < 1.29 is 5.11 Å². The number of aryl methyl sites for hydroxylation is 1. The highest BCUT2D eigenvalue weighted by Crippen LogP contribution is 2.31. The van der Waals surface area contributed by atoms with E-state index in [-0.39, 0.29) is 0 Å². The summed E-state index contributed by atoms with van der Waals surface area (Å²) in [6.07, 6.45) is 1.26. The lowest BCUT2D eigenvalue weighted by Crippen LogP contribution is -1.95. The molecule has 0 saturated carbocycles. The molecule has 17 heavy (non-hydrogen) atoms. The second kappa shape index (κ2) is 5.34. The van der Waals surface area contributed by atoms with Crippen LogP contribution in [0, 0.1) is 6.92 Å². The molecule has 0 aliphatic heterocycles. The summed E-state index contributed by atoms with van der Waals surface area (Å²) < 4.78 is 0. The third-order valence-corrected chi connectivity index (χ3v) is 3.48. The Morgan fingerprint density at radius 3 is 2.76 bits per heavy atom. The van der Waals surface area contributed by atoms with Crippen LogP contribution in [0.1, 0.15) is 24.2 Å². The molecule has 2 nitrogen and oxygen atoms in total. The van der Waals surface area contributed by atoms with E-state index >= 15 is 0 Å². The van der Waals surface area contributed by atoms with E-state index in [1.807, 2.05) is 18.2 Å². The standard InChI is InChI=1S/C14H15NOS/c1-10-5-3-6-12(9-10)17-14-13(11(2)16)7-4-8-15-14/h3-9,11,16H,1-2H3. The molecule has 0 fully saturated rings. The normalized spacial score (nSPS) is 12.4. The Morgan fingerprint density at radius 1 is 1.24 bits per heavy atom. The largest absolute Gasteiger partial charge is 0.389 e. The van der Waals surface area contributed by atoms with Crippen LogP contribution in [-0.4, -0.2) is 10.1 Å². The van der Waals surface area contributed by atoms with Gasteiger partial charge in [-0.15, -0.1) is 0 Å². The lowest BCUT2D eigenvalue weighted by molar-refractivity contribution is 0.195. The van der Waals surface area contributed by atoms with Gasteiger partial charge in [0.05, 0.1) is 6.10 Å². The SMILES string of the molecule is Cc1cccc(Sc2ncccc2C(C)O)c1. The smallest absolute Gasteiger partial charge is 0.106 e. The van der Waals surface area contributed by atoms with E-state index in [1.165, 1.54) is 5.56 Å². The summed E-state index contributed by atoms with van der Waals surface area (Å²) in [7, 11) is 0. The number of aromatic nitrogens is 1. The van der Waals surface area contributed by atoms with Crippen LogP contribution in [0.5, 0.6) is 0 Å². The maximum atomic E-state index is 9.68. The summed E-state index contributed by atoms with van der Waals surface area (Å²) in [5, 5.41) is 10.6. The van der Waals surface area contributed by atoms with Crippen LogP contribution in [0.3, 0.4) is 0 Å². The first-order valence-electron chi connectivity index (χ1n) is 5.54. The highest BCUT2D eigenvalue weighted by atomic mass is 32.2. The minimum atomic E-state index is -0.490. The van der Waals surface area contributed by atoms with Crippen molar-refractivity contribution in [2.75, 3.05) is 0 Å². The van der Waals surface area contributed by atoms with Gasteiger partial charge in [-0.3, -0.25) is 0 Å². The number of aliphatic hydroxyl groups excluding tert-OH is 1. The minimum absolute atomic E-state index is 0.490. The molecule has 1 aromatic heterocycles. The van der Waals surface area contributed by atoms with Gasteiger partial charge < -0.3 is 5.11 Å². The van der Waals surface area contributed by atoms with Gasteiger partial charge >= 0.3 is 0 Å². The van der Waals surface area contributed by atoms with E-state index in [4.69, 9.17) is 0 Å². The maximum Gasteiger partial charge on any atom is 0.106 e. The van der Waals surface area contributed by atoms with Crippen LogP contribution in [0.25, 0.3) is 0 Å². The van der Waals surface area contributed by atoms with Crippen LogP contribution in [0.4, 0.5) is 0 Å². The van der Waals surface area contributed by atoms with Gasteiger partial charge in [0.15, 0.2) is 0 Å². The number of nitrogens with zero attached hydrogens (tertiary/aromatic N) is 1. The van der Waals surface area contributed by atoms with Crippen molar-refractivity contribution in [2.45, 2.75) is 29.9 Å². The summed E-state index contributed by atoms with van der Waals surface area (Å²) in [6.45, 7) is 3.83. The highest BCUT2D eigenvalue weighted by Gasteiger charge is 2.09. The molecule has 1 heterocycles. The molecule has 88 valence electrons. The lowest BCUT2D eigenvalue weighted by Gasteiger charge is -2.10. The van der Waals surface area contributed by atoms with Crippen molar-refractivity contribution in [1.82, 2.24) is 4.98 Å². The van der Waals surface area contributed by atoms with Crippen molar-refractivity contribution in [3.8, 4) is 0 Å².